The molecule has 0 aromatic heterocycles. The lowest BCUT2D eigenvalue weighted by Gasteiger charge is -2.12. The molecule has 0 radical (unpaired) electrons. The van der Waals surface area contributed by atoms with E-state index >= 15 is 0 Å². The molecular formula is C9H18O3. The van der Waals surface area contributed by atoms with Crippen LogP contribution in [0.3, 0.4) is 0 Å². The van der Waals surface area contributed by atoms with Crippen LogP contribution >= 0.6 is 0 Å². The highest BCUT2D eigenvalue weighted by molar-refractivity contribution is 5.69. The fourth-order valence-electron chi connectivity index (χ4n) is 0.766. The van der Waals surface area contributed by atoms with Crippen LogP contribution in [0, 0.1) is 0 Å². The summed E-state index contributed by atoms with van der Waals surface area (Å²) >= 11 is 0. The predicted octanol–water partition coefficient (Wildman–Crippen LogP) is 2.10. The third-order valence-corrected chi connectivity index (χ3v) is 1.31. The van der Waals surface area contributed by atoms with Gasteiger partial charge < -0.3 is 9.47 Å². The quantitative estimate of drug-likeness (QED) is 0.457. The Labute approximate surface area is 74.0 Å². The molecule has 0 aliphatic rings. The highest BCUT2D eigenvalue weighted by atomic mass is 16.7. The van der Waals surface area contributed by atoms with Crippen LogP contribution in [-0.4, -0.2) is 18.9 Å². The second kappa shape index (κ2) is 7.10. The van der Waals surface area contributed by atoms with Crippen LogP contribution in [0.1, 0.15) is 40.0 Å². The number of rotatable bonds is 6. The van der Waals surface area contributed by atoms with E-state index in [1.54, 1.807) is 6.92 Å². The minimum Gasteiger partial charge on any atom is -0.436 e. The molecule has 0 fully saturated rings. The van der Waals surface area contributed by atoms with Crippen molar-refractivity contribution < 1.29 is 14.3 Å². The molecule has 1 atom stereocenters. The molecule has 0 spiro atoms. The molecule has 3 heteroatoms. The summed E-state index contributed by atoms with van der Waals surface area (Å²) in [6.07, 6.45) is 1.83. The number of hydrogen-bond donors (Lipinski definition) is 0. The van der Waals surface area contributed by atoms with E-state index in [4.69, 9.17) is 9.47 Å². The van der Waals surface area contributed by atoms with Gasteiger partial charge in [-0.1, -0.05) is 13.8 Å². The normalized spacial score (nSPS) is 12.6. The van der Waals surface area contributed by atoms with Crippen molar-refractivity contribution in [3.63, 3.8) is 0 Å². The monoisotopic (exact) mass is 174 g/mol. The summed E-state index contributed by atoms with van der Waals surface area (Å²) in [4.78, 5) is 10.9. The molecule has 0 N–H and O–H groups in total. The first kappa shape index (κ1) is 11.4. The van der Waals surface area contributed by atoms with E-state index in [9.17, 15) is 4.79 Å². The smallest absolute Gasteiger partial charge is 0.308 e. The molecule has 72 valence electrons. The Hall–Kier alpha value is -0.570. The van der Waals surface area contributed by atoms with Crippen molar-refractivity contribution in [2.24, 2.45) is 0 Å². The maximum atomic E-state index is 10.9. The second-order valence-electron chi connectivity index (χ2n) is 2.68. The van der Waals surface area contributed by atoms with Gasteiger partial charge in [0, 0.05) is 6.42 Å². The van der Waals surface area contributed by atoms with Crippen molar-refractivity contribution in [3.8, 4) is 0 Å². The van der Waals surface area contributed by atoms with Crippen molar-refractivity contribution in [3.05, 3.63) is 0 Å². The van der Waals surface area contributed by atoms with Gasteiger partial charge in [0.25, 0.3) is 0 Å². The Kier molecular flexibility index (Phi) is 6.76. The van der Waals surface area contributed by atoms with Crippen molar-refractivity contribution >= 4 is 5.97 Å². The lowest BCUT2D eigenvalue weighted by atomic mass is 10.3. The van der Waals surface area contributed by atoms with Gasteiger partial charge in [-0.15, -0.1) is 0 Å². The fourth-order valence-corrected chi connectivity index (χ4v) is 0.766. The lowest BCUT2D eigenvalue weighted by Crippen LogP contribution is -2.18. The molecule has 0 amide bonds. The van der Waals surface area contributed by atoms with Gasteiger partial charge in [0.2, 0.25) is 0 Å². The summed E-state index contributed by atoms with van der Waals surface area (Å²) in [5.74, 6) is -0.180. The number of carbonyl (C=O) groups is 1. The van der Waals surface area contributed by atoms with Gasteiger partial charge in [0.15, 0.2) is 6.29 Å². The molecule has 0 aromatic rings. The van der Waals surface area contributed by atoms with Crippen LogP contribution < -0.4 is 0 Å². The second-order valence-corrected chi connectivity index (χ2v) is 2.68. The SMILES string of the molecule is CCCOC(C)OC(=O)CCC. The average molecular weight is 174 g/mol. The Morgan fingerprint density at radius 2 is 2.00 bits per heavy atom. The Balaban J connectivity index is 3.40. The van der Waals surface area contributed by atoms with Gasteiger partial charge in [-0.25, -0.2) is 0 Å². The summed E-state index contributed by atoms with van der Waals surface area (Å²) in [5, 5.41) is 0. The van der Waals surface area contributed by atoms with Gasteiger partial charge in [0.1, 0.15) is 0 Å². The molecule has 3 nitrogen and oxygen atoms in total. The highest BCUT2D eigenvalue weighted by Crippen LogP contribution is 1.99. The van der Waals surface area contributed by atoms with Crippen molar-refractivity contribution in [1.29, 1.82) is 0 Å². The first-order valence-corrected chi connectivity index (χ1v) is 4.51. The van der Waals surface area contributed by atoms with Gasteiger partial charge in [-0.2, -0.15) is 0 Å². The standard InChI is InChI=1S/C9H18O3/c1-4-6-9(10)12-8(3)11-7-5-2/h8H,4-7H2,1-3H3. The lowest BCUT2D eigenvalue weighted by molar-refractivity contribution is -0.174. The largest absolute Gasteiger partial charge is 0.436 e. The molecule has 0 rings (SSSR count). The van der Waals surface area contributed by atoms with E-state index in [1.807, 2.05) is 13.8 Å². The predicted molar refractivity (Wildman–Crippen MR) is 46.7 cm³/mol. The van der Waals surface area contributed by atoms with Crippen molar-refractivity contribution in [1.82, 2.24) is 0 Å². The third kappa shape index (κ3) is 6.16. The van der Waals surface area contributed by atoms with Crippen molar-refractivity contribution in [2.45, 2.75) is 46.3 Å². The van der Waals surface area contributed by atoms with Crippen LogP contribution in [0.5, 0.6) is 0 Å². The van der Waals surface area contributed by atoms with Crippen LogP contribution in [-0.2, 0) is 14.3 Å². The molecule has 0 aliphatic carbocycles. The summed E-state index contributed by atoms with van der Waals surface area (Å²) in [6.45, 7) is 6.34. The molecule has 12 heavy (non-hydrogen) atoms. The Morgan fingerprint density at radius 3 is 2.50 bits per heavy atom. The van der Waals surface area contributed by atoms with E-state index in [2.05, 4.69) is 0 Å². The van der Waals surface area contributed by atoms with Gasteiger partial charge in [-0.3, -0.25) is 4.79 Å². The maximum absolute atomic E-state index is 10.9. The molecular weight excluding hydrogens is 156 g/mol. The third-order valence-electron chi connectivity index (χ3n) is 1.31. The highest BCUT2D eigenvalue weighted by Gasteiger charge is 2.07. The summed E-state index contributed by atoms with van der Waals surface area (Å²) < 4.78 is 10.1. The zero-order chi connectivity index (χ0) is 9.40. The molecule has 0 bridgehead atoms. The first-order chi connectivity index (χ1) is 5.70. The summed E-state index contributed by atoms with van der Waals surface area (Å²) in [5.41, 5.74) is 0. The molecule has 0 heterocycles. The van der Waals surface area contributed by atoms with E-state index < -0.39 is 6.29 Å². The zero-order valence-corrected chi connectivity index (χ0v) is 8.13. The minimum absolute atomic E-state index is 0.180. The topological polar surface area (TPSA) is 35.5 Å². The van der Waals surface area contributed by atoms with E-state index in [-0.39, 0.29) is 5.97 Å². The number of hydrogen-bond acceptors (Lipinski definition) is 3. The summed E-state index contributed by atoms with van der Waals surface area (Å²) in [6, 6.07) is 0. The van der Waals surface area contributed by atoms with Gasteiger partial charge in [0.05, 0.1) is 6.61 Å². The van der Waals surface area contributed by atoms with Crippen molar-refractivity contribution in [2.75, 3.05) is 6.61 Å². The number of ether oxygens (including phenoxy) is 2. The Bertz CT molecular complexity index is 123. The number of carbonyl (C=O) groups excluding carboxylic acids is 1. The number of esters is 1. The molecule has 0 saturated heterocycles. The average Bonchev–Trinajstić information content (AvgIpc) is 2.01. The molecule has 0 saturated carbocycles. The van der Waals surface area contributed by atoms with E-state index in [0.29, 0.717) is 13.0 Å². The molecule has 0 aliphatic heterocycles. The van der Waals surface area contributed by atoms with Crippen LogP contribution in [0.15, 0.2) is 0 Å². The van der Waals surface area contributed by atoms with E-state index in [1.165, 1.54) is 0 Å². The minimum atomic E-state index is -0.399. The first-order valence-electron chi connectivity index (χ1n) is 4.51. The summed E-state index contributed by atoms with van der Waals surface area (Å²) in [7, 11) is 0. The Morgan fingerprint density at radius 1 is 1.33 bits per heavy atom. The van der Waals surface area contributed by atoms with Crippen LogP contribution in [0.2, 0.25) is 0 Å². The molecule has 0 aromatic carbocycles. The van der Waals surface area contributed by atoms with Crippen LogP contribution in [0.4, 0.5) is 0 Å². The van der Waals surface area contributed by atoms with Crippen LogP contribution in [0.25, 0.3) is 0 Å². The van der Waals surface area contributed by atoms with E-state index in [0.717, 1.165) is 12.8 Å². The maximum Gasteiger partial charge on any atom is 0.308 e. The zero-order valence-electron chi connectivity index (χ0n) is 8.13. The van der Waals surface area contributed by atoms with Gasteiger partial charge in [-0.05, 0) is 19.8 Å². The van der Waals surface area contributed by atoms with Gasteiger partial charge >= 0.3 is 5.97 Å². The molecule has 1 unspecified atom stereocenters. The fraction of sp³-hybridized carbons (Fsp3) is 0.889.